The highest BCUT2D eigenvalue weighted by atomic mass is 35.5. The molecule has 1 aliphatic carbocycles. The summed E-state index contributed by atoms with van der Waals surface area (Å²) in [6.45, 7) is 15.6. The van der Waals surface area contributed by atoms with E-state index < -0.39 is 160 Å². The fourth-order valence-electron chi connectivity index (χ4n) is 13.2. The van der Waals surface area contributed by atoms with Crippen molar-refractivity contribution in [2.75, 3.05) is 54.9 Å². The molecule has 6 rings (SSSR count). The molecule has 11 atom stereocenters. The Balaban J connectivity index is 1.40. The minimum Gasteiger partial charge on any atom is -0.351 e. The lowest BCUT2D eigenvalue weighted by molar-refractivity contribution is -0.160. The van der Waals surface area contributed by atoms with Crippen molar-refractivity contribution < 1.29 is 65.9 Å². The number of nitrogens with zero attached hydrogens (tertiary/aromatic N) is 7. The van der Waals surface area contributed by atoms with Gasteiger partial charge in [-0.1, -0.05) is 115 Å². The first kappa shape index (κ1) is 75.7. The van der Waals surface area contributed by atoms with Gasteiger partial charge in [-0.2, -0.15) is 13.2 Å². The average Bonchev–Trinajstić information content (AvgIpc) is 1.28. The Kier molecular flexibility index (Phi) is 26.1. The third-order valence-electron chi connectivity index (χ3n) is 19.7. The summed E-state index contributed by atoms with van der Waals surface area (Å²) in [6.07, 6.45) is -2.04. The first-order valence-electron chi connectivity index (χ1n) is 33.1. The van der Waals surface area contributed by atoms with Crippen LogP contribution in [0.2, 0.25) is 5.02 Å². The predicted octanol–water partition coefficient (Wildman–Crippen LogP) is 5.67. The average molecular weight is 1340 g/mol. The Hall–Kier alpha value is -7.31. The minimum absolute atomic E-state index is 0.0302. The lowest BCUT2D eigenvalue weighted by Gasteiger charge is -2.45. The molecule has 3 aliphatic heterocycles. The Labute approximate surface area is 556 Å². The Morgan fingerprint density at radius 2 is 1.26 bits per heavy atom. The Morgan fingerprint density at radius 1 is 0.638 bits per heavy atom. The van der Waals surface area contributed by atoms with Crippen LogP contribution in [0.1, 0.15) is 155 Å². The summed E-state index contributed by atoms with van der Waals surface area (Å²) < 4.78 is 41.4. The second-order valence-electron chi connectivity index (χ2n) is 27.1. The molecule has 0 aromatic heterocycles. The van der Waals surface area contributed by atoms with E-state index in [1.807, 2.05) is 53.7 Å². The van der Waals surface area contributed by atoms with E-state index in [0.29, 0.717) is 43.2 Å². The highest BCUT2D eigenvalue weighted by Crippen LogP contribution is 2.37. The molecule has 94 heavy (non-hydrogen) atoms. The van der Waals surface area contributed by atoms with Gasteiger partial charge in [0.2, 0.25) is 65.0 Å². The molecule has 3 saturated heterocycles. The number of hydrogen-bond donors (Lipinski definition) is 4. The van der Waals surface area contributed by atoms with E-state index >= 15 is 9.59 Å². The molecule has 11 amide bonds. The number of benzene rings is 2. The van der Waals surface area contributed by atoms with Crippen molar-refractivity contribution in [3.05, 3.63) is 69.7 Å². The van der Waals surface area contributed by atoms with E-state index in [-0.39, 0.29) is 76.8 Å². The van der Waals surface area contributed by atoms with Crippen LogP contribution in [-0.4, -0.2) is 214 Å². The van der Waals surface area contributed by atoms with Crippen LogP contribution in [0.25, 0.3) is 0 Å². The number of carbonyl (C=O) groups is 11. The first-order valence-corrected chi connectivity index (χ1v) is 33.5. The van der Waals surface area contributed by atoms with Gasteiger partial charge in [0.05, 0.1) is 17.1 Å². The summed E-state index contributed by atoms with van der Waals surface area (Å²) in [7, 11) is 7.18. The fourth-order valence-corrected chi connectivity index (χ4v) is 13.5. The monoisotopic (exact) mass is 1340 g/mol. The van der Waals surface area contributed by atoms with Crippen LogP contribution in [0.4, 0.5) is 13.2 Å². The summed E-state index contributed by atoms with van der Waals surface area (Å²) >= 11 is 6.13. The van der Waals surface area contributed by atoms with Gasteiger partial charge in [-0.3, -0.25) is 52.7 Å². The van der Waals surface area contributed by atoms with E-state index in [1.165, 1.54) is 77.6 Å². The quantitative estimate of drug-likeness (QED) is 0.213. The van der Waals surface area contributed by atoms with Crippen molar-refractivity contribution in [2.24, 2.45) is 17.8 Å². The number of halogens is 4. The molecule has 2 aromatic rings. The van der Waals surface area contributed by atoms with E-state index in [0.717, 1.165) is 22.6 Å². The maximum atomic E-state index is 15.1. The molecule has 0 bridgehead atoms. The van der Waals surface area contributed by atoms with Gasteiger partial charge in [0.25, 0.3) is 0 Å². The molecule has 520 valence electrons. The lowest BCUT2D eigenvalue weighted by atomic mass is 9.90. The smallest absolute Gasteiger partial charge is 0.351 e. The molecular formula is C68H99ClF3N11O11. The fraction of sp³-hybridized carbons (Fsp3) is 0.662. The van der Waals surface area contributed by atoms with E-state index in [1.54, 1.807) is 26.0 Å². The molecule has 4 N–H and O–H groups in total. The van der Waals surface area contributed by atoms with Crippen LogP contribution in [0.15, 0.2) is 42.5 Å². The van der Waals surface area contributed by atoms with E-state index in [9.17, 15) is 56.3 Å². The molecule has 22 nitrogen and oxygen atoms in total. The SMILES string of the molecule is CC[C@H](C)[C@@H]1NC(=O)[C@H](CC(C)C)N(C)C(=O)C[C@@H](C)NC(=O)[C@H]([C@@H](C)CC)N(C)C(=O)C2(CCCC2)NC(=O)[C@@H]2CCCN2C(=O)[C@H](CCc2ccc(C(F)(F)F)c(Cl)c2)NC(=O)CN(C)C(=O)[C@H](Cc2ccc(C)cc2)N(C)C(=O)[C@@H]2CCN2C(=O)[C@H](C)N(C)C1=O. The second-order valence-corrected chi connectivity index (χ2v) is 27.5. The summed E-state index contributed by atoms with van der Waals surface area (Å²) in [5.74, 6) is -7.86. The molecule has 3 heterocycles. The summed E-state index contributed by atoms with van der Waals surface area (Å²) in [5.41, 5.74) is -0.695. The normalized spacial score (nSPS) is 26.8. The van der Waals surface area contributed by atoms with Crippen LogP contribution in [-0.2, 0) is 71.8 Å². The molecule has 0 radical (unpaired) electrons. The molecule has 1 saturated carbocycles. The van der Waals surface area contributed by atoms with Crippen LogP contribution in [0, 0.1) is 24.7 Å². The van der Waals surface area contributed by atoms with Crippen molar-refractivity contribution in [3.8, 4) is 0 Å². The van der Waals surface area contributed by atoms with Gasteiger partial charge in [-0.05, 0) is 113 Å². The van der Waals surface area contributed by atoms with Crippen LogP contribution < -0.4 is 21.3 Å². The molecule has 0 unspecified atom stereocenters. The molecule has 4 aliphatic rings. The number of aryl methyl sites for hydroxylation is 2. The first-order chi connectivity index (χ1) is 44.1. The number of likely N-dealkylation sites (N-methyl/N-ethyl adjacent to an activating group) is 5. The highest BCUT2D eigenvalue weighted by Gasteiger charge is 2.50. The second kappa shape index (κ2) is 32.4. The van der Waals surface area contributed by atoms with Crippen LogP contribution in [0.5, 0.6) is 0 Å². The van der Waals surface area contributed by atoms with Crippen molar-refractivity contribution in [1.29, 1.82) is 0 Å². The van der Waals surface area contributed by atoms with Gasteiger partial charge < -0.3 is 55.6 Å². The van der Waals surface area contributed by atoms with Crippen molar-refractivity contribution in [2.45, 2.75) is 218 Å². The zero-order valence-electron chi connectivity index (χ0n) is 57.1. The minimum atomic E-state index is -4.75. The summed E-state index contributed by atoms with van der Waals surface area (Å²) in [4.78, 5) is 171. The summed E-state index contributed by atoms with van der Waals surface area (Å²) in [6, 6.07) is 0.227. The standard InChI is InChI=1S/C68H99ClF3N11O11/c1-15-41(6)56-65(93)78(11)44(9)61(89)83-33-29-51(83)64(92)80(13)53(37-46-23-21-40(5)22-24-46)63(91)77(10)38-54(84)74-49(28-26-45-25-27-47(48(69)36-45)68(70,71)72)62(90)82-32-19-20-50(82)59(87)76-67(30-17-18-31-67)66(94)81(14)57(42(7)16-2)60(88)73-43(8)35-55(85)79(12)52(34-39(3)4)58(86)75-56/h21-25,27,36,39,41-44,49-53,56-57H,15-20,26,28-35,37-38H2,1-14H3,(H,73,88)(H,74,84)(H,75,86)(H,76,87)/t41-,42-,43+,44-,49-,50-,51-,52-,53-,56-,57-/m0/s1. The van der Waals surface area contributed by atoms with Crippen molar-refractivity contribution in [1.82, 2.24) is 55.6 Å². The Bertz CT molecular complexity index is 3110. The van der Waals surface area contributed by atoms with Crippen LogP contribution >= 0.6 is 11.6 Å². The van der Waals surface area contributed by atoms with Gasteiger partial charge in [0.1, 0.15) is 53.9 Å². The molecule has 26 heteroatoms. The van der Waals surface area contributed by atoms with Gasteiger partial charge in [0.15, 0.2) is 0 Å². The largest absolute Gasteiger partial charge is 0.417 e. The molecular weight excluding hydrogens is 1240 g/mol. The van der Waals surface area contributed by atoms with Gasteiger partial charge >= 0.3 is 6.18 Å². The third kappa shape index (κ3) is 18.0. The van der Waals surface area contributed by atoms with Crippen molar-refractivity contribution >= 4 is 76.6 Å². The van der Waals surface area contributed by atoms with E-state index in [2.05, 4.69) is 21.3 Å². The number of fused-ring (bicyclic) bond motifs is 2. The number of rotatable bonds is 11. The zero-order chi connectivity index (χ0) is 70.0. The van der Waals surface area contributed by atoms with Gasteiger partial charge in [-0.25, -0.2) is 0 Å². The number of nitrogens with one attached hydrogen (secondary N) is 4. The molecule has 2 aromatic carbocycles. The highest BCUT2D eigenvalue weighted by molar-refractivity contribution is 6.31. The van der Waals surface area contributed by atoms with Crippen LogP contribution in [0.3, 0.4) is 0 Å². The number of hydrogen-bond acceptors (Lipinski definition) is 11. The van der Waals surface area contributed by atoms with Crippen molar-refractivity contribution in [3.63, 3.8) is 0 Å². The number of amides is 11. The van der Waals surface area contributed by atoms with Gasteiger partial charge in [-0.15, -0.1) is 0 Å². The topological polar surface area (TPSA) is 259 Å². The number of alkyl halides is 3. The van der Waals surface area contributed by atoms with Gasteiger partial charge in [0, 0.05) is 67.2 Å². The molecule has 4 fully saturated rings. The molecule has 1 spiro atoms. The Morgan fingerprint density at radius 3 is 1.83 bits per heavy atom. The maximum Gasteiger partial charge on any atom is 0.417 e. The lowest BCUT2D eigenvalue weighted by Crippen LogP contribution is -2.65. The summed E-state index contributed by atoms with van der Waals surface area (Å²) in [5, 5.41) is 11.0. The van der Waals surface area contributed by atoms with E-state index in [4.69, 9.17) is 11.6 Å². The zero-order valence-corrected chi connectivity index (χ0v) is 57.9. The number of carbonyl (C=O) groups excluding carboxylic acids is 11. The third-order valence-corrected chi connectivity index (χ3v) is 20.0. The maximum absolute atomic E-state index is 15.1. The predicted molar refractivity (Wildman–Crippen MR) is 348 cm³/mol.